The maximum Gasteiger partial charge on any atom is 0.304 e. The number of nitrogens with one attached hydrogen (secondary N) is 1. The van der Waals surface area contributed by atoms with Gasteiger partial charge in [0.2, 0.25) is 11.8 Å². The molecule has 0 radical (unpaired) electrons. The summed E-state index contributed by atoms with van der Waals surface area (Å²) in [4.78, 5) is 28.7. The van der Waals surface area contributed by atoms with Crippen LogP contribution in [0.15, 0.2) is 78.9 Å². The van der Waals surface area contributed by atoms with Gasteiger partial charge in [0.25, 0.3) is 0 Å². The Kier molecular flexibility index (Phi) is 10.2. The number of hydrogen-bond donors (Lipinski definition) is 1. The molecule has 0 spiro atoms. The van der Waals surface area contributed by atoms with Gasteiger partial charge in [0.15, 0.2) is 0 Å². The van der Waals surface area contributed by atoms with Crippen molar-refractivity contribution in [2.75, 3.05) is 31.5 Å². The molecule has 3 aromatic rings. The number of anilines is 1. The van der Waals surface area contributed by atoms with Gasteiger partial charge in [-0.3, -0.25) is 9.59 Å². The van der Waals surface area contributed by atoms with Crippen molar-refractivity contribution in [3.05, 3.63) is 101 Å². The van der Waals surface area contributed by atoms with E-state index in [1.165, 1.54) is 37.2 Å². The van der Waals surface area contributed by atoms with E-state index in [0.717, 1.165) is 31.4 Å². The number of amides is 2. The fraction of sp³-hybridized carbons (Fsp3) is 0.310. The number of rotatable bonds is 12. The number of carbonyl (C=O) groups is 2. The lowest BCUT2D eigenvalue weighted by atomic mass is 10.0. The van der Waals surface area contributed by atoms with Crippen molar-refractivity contribution in [1.29, 1.82) is 0 Å². The Hall–Kier alpha value is -3.76. The third-order valence-corrected chi connectivity index (χ3v) is 8.04. The van der Waals surface area contributed by atoms with Gasteiger partial charge in [-0.1, -0.05) is 72.3 Å². The van der Waals surface area contributed by atoms with Crippen LogP contribution < -0.4 is 9.62 Å². The lowest BCUT2D eigenvalue weighted by Gasteiger charge is -2.34. The molecule has 0 bridgehead atoms. The summed E-state index contributed by atoms with van der Waals surface area (Å²) in [6, 6.07) is 21.2. The molecule has 0 heterocycles. The molecule has 0 saturated heterocycles. The van der Waals surface area contributed by atoms with Crippen LogP contribution in [0.3, 0.4) is 0 Å². The summed E-state index contributed by atoms with van der Waals surface area (Å²) in [7, 11) is -1.64. The van der Waals surface area contributed by atoms with Crippen molar-refractivity contribution in [2.45, 2.75) is 32.9 Å². The zero-order valence-corrected chi connectivity index (χ0v) is 23.5. The maximum atomic E-state index is 14.8. The predicted molar refractivity (Wildman–Crippen MR) is 151 cm³/mol. The van der Waals surface area contributed by atoms with E-state index in [1.807, 2.05) is 61.5 Å². The number of aryl methyl sites for hydroxylation is 1. The monoisotopic (exact) mass is 554 g/mol. The van der Waals surface area contributed by atoms with E-state index in [2.05, 4.69) is 5.32 Å². The Bertz CT molecular complexity index is 1370. The van der Waals surface area contributed by atoms with Gasteiger partial charge in [0.05, 0.1) is 5.69 Å². The van der Waals surface area contributed by atoms with Crippen molar-refractivity contribution in [1.82, 2.24) is 14.5 Å². The zero-order valence-electron chi connectivity index (χ0n) is 22.7. The van der Waals surface area contributed by atoms with Crippen molar-refractivity contribution < 1.29 is 22.4 Å². The Morgan fingerprint density at radius 2 is 1.51 bits per heavy atom. The Morgan fingerprint density at radius 1 is 0.897 bits per heavy atom. The van der Waals surface area contributed by atoms with E-state index in [-0.39, 0.29) is 24.6 Å². The molecule has 2 amide bonds. The molecular formula is C29H35FN4O4S. The van der Waals surface area contributed by atoms with Crippen molar-refractivity contribution >= 4 is 27.7 Å². The van der Waals surface area contributed by atoms with Crippen LogP contribution in [-0.4, -0.2) is 62.7 Å². The third-order valence-electron chi connectivity index (χ3n) is 6.24. The van der Waals surface area contributed by atoms with Crippen molar-refractivity contribution in [2.24, 2.45) is 0 Å². The van der Waals surface area contributed by atoms with Gasteiger partial charge in [-0.25, -0.2) is 8.70 Å². The molecule has 3 aromatic carbocycles. The lowest BCUT2D eigenvalue weighted by Crippen LogP contribution is -2.54. The quantitative estimate of drug-likeness (QED) is 0.371. The van der Waals surface area contributed by atoms with Crippen LogP contribution in [-0.2, 0) is 32.8 Å². The summed E-state index contributed by atoms with van der Waals surface area (Å²) < 4.78 is 43.0. The molecule has 0 aliphatic heterocycles. The van der Waals surface area contributed by atoms with E-state index < -0.39 is 34.5 Å². The third kappa shape index (κ3) is 7.64. The smallest absolute Gasteiger partial charge is 0.304 e. The van der Waals surface area contributed by atoms with Gasteiger partial charge < -0.3 is 10.2 Å². The lowest BCUT2D eigenvalue weighted by molar-refractivity contribution is -0.140. The highest BCUT2D eigenvalue weighted by atomic mass is 32.2. The van der Waals surface area contributed by atoms with Crippen LogP contribution in [0.2, 0.25) is 0 Å². The van der Waals surface area contributed by atoms with Gasteiger partial charge in [-0.15, -0.1) is 0 Å². The molecule has 0 fully saturated rings. The molecule has 1 unspecified atom stereocenters. The molecular weight excluding hydrogens is 519 g/mol. The van der Waals surface area contributed by atoms with Crippen LogP contribution in [0.4, 0.5) is 10.1 Å². The van der Waals surface area contributed by atoms with Crippen LogP contribution in [0, 0.1) is 12.7 Å². The first-order valence-corrected chi connectivity index (χ1v) is 14.1. The zero-order chi connectivity index (χ0) is 28.6. The average molecular weight is 555 g/mol. The minimum Gasteiger partial charge on any atom is -0.355 e. The van der Waals surface area contributed by atoms with Crippen molar-refractivity contribution in [3.8, 4) is 0 Å². The average Bonchev–Trinajstić information content (AvgIpc) is 2.91. The van der Waals surface area contributed by atoms with Gasteiger partial charge in [-0.05, 0) is 37.1 Å². The Labute approximate surface area is 230 Å². The number of para-hydroxylation sites is 1. The number of hydrogen-bond acceptors (Lipinski definition) is 4. The number of halogens is 1. The number of carbonyl (C=O) groups excluding carboxylic acids is 2. The van der Waals surface area contributed by atoms with Gasteiger partial charge in [0, 0.05) is 33.6 Å². The number of benzene rings is 3. The molecule has 10 heteroatoms. The molecule has 208 valence electrons. The standard InChI is InChI=1S/C29H35FN4O4S/c1-5-31-29(36)27(19-23-11-7-6-8-12-23)33(20-24-17-15-22(2)16-18-24)28(35)21-34(39(37,38)32(3)4)26-14-10-9-13-25(26)30/h6-18,27H,5,19-21H2,1-4H3,(H,31,36). The van der Waals surface area contributed by atoms with Gasteiger partial charge in [0.1, 0.15) is 18.4 Å². The molecule has 39 heavy (non-hydrogen) atoms. The molecule has 0 aliphatic carbocycles. The fourth-order valence-electron chi connectivity index (χ4n) is 4.09. The second-order valence-corrected chi connectivity index (χ2v) is 11.4. The molecule has 0 aromatic heterocycles. The summed E-state index contributed by atoms with van der Waals surface area (Å²) in [5.74, 6) is -1.79. The summed E-state index contributed by atoms with van der Waals surface area (Å²) in [6.07, 6.45) is 0.213. The number of nitrogens with zero attached hydrogens (tertiary/aromatic N) is 3. The minimum absolute atomic E-state index is 0.0564. The van der Waals surface area contributed by atoms with Crippen molar-refractivity contribution in [3.63, 3.8) is 0 Å². The van der Waals surface area contributed by atoms with E-state index >= 15 is 0 Å². The molecule has 1 N–H and O–H groups in total. The SMILES string of the molecule is CCNC(=O)C(Cc1ccccc1)N(Cc1ccc(C)cc1)C(=O)CN(c1ccccc1F)S(=O)(=O)N(C)C. The van der Waals surface area contributed by atoms with Gasteiger partial charge in [-0.2, -0.15) is 12.7 Å². The highest BCUT2D eigenvalue weighted by molar-refractivity contribution is 7.90. The Morgan fingerprint density at radius 3 is 2.10 bits per heavy atom. The largest absolute Gasteiger partial charge is 0.355 e. The first-order chi connectivity index (χ1) is 18.5. The molecule has 1 atom stereocenters. The van der Waals surface area contributed by atoms with E-state index in [9.17, 15) is 22.4 Å². The fourth-order valence-corrected chi connectivity index (χ4v) is 5.16. The minimum atomic E-state index is -4.26. The first-order valence-electron chi connectivity index (χ1n) is 12.7. The molecule has 3 rings (SSSR count). The predicted octanol–water partition coefficient (Wildman–Crippen LogP) is 3.52. The van der Waals surface area contributed by atoms with E-state index in [4.69, 9.17) is 0 Å². The normalized spacial score (nSPS) is 12.2. The van der Waals surface area contributed by atoms with Gasteiger partial charge >= 0.3 is 10.2 Å². The summed E-state index contributed by atoms with van der Waals surface area (Å²) in [5, 5.41) is 2.81. The summed E-state index contributed by atoms with van der Waals surface area (Å²) in [6.45, 7) is 3.44. The van der Waals surface area contributed by atoms with Crippen LogP contribution in [0.1, 0.15) is 23.6 Å². The summed E-state index contributed by atoms with van der Waals surface area (Å²) >= 11 is 0. The topological polar surface area (TPSA) is 90.0 Å². The number of likely N-dealkylation sites (N-methyl/N-ethyl adjacent to an activating group) is 1. The molecule has 8 nitrogen and oxygen atoms in total. The van der Waals surface area contributed by atoms with E-state index in [1.54, 1.807) is 6.92 Å². The second-order valence-electron chi connectivity index (χ2n) is 9.36. The Balaban J connectivity index is 2.08. The highest BCUT2D eigenvalue weighted by Gasteiger charge is 2.35. The maximum absolute atomic E-state index is 14.8. The second kappa shape index (κ2) is 13.3. The van der Waals surface area contributed by atoms with Crippen LogP contribution >= 0.6 is 0 Å². The first kappa shape index (κ1) is 29.8. The van der Waals surface area contributed by atoms with Crippen LogP contribution in [0.5, 0.6) is 0 Å². The summed E-state index contributed by atoms with van der Waals surface area (Å²) in [5.41, 5.74) is 2.38. The van der Waals surface area contributed by atoms with E-state index in [0.29, 0.717) is 6.54 Å². The highest BCUT2D eigenvalue weighted by Crippen LogP contribution is 2.24. The van der Waals surface area contributed by atoms with Crippen LogP contribution in [0.25, 0.3) is 0 Å². The molecule has 0 saturated carbocycles. The molecule has 0 aliphatic rings.